The predicted octanol–water partition coefficient (Wildman–Crippen LogP) is 6.28. The summed E-state index contributed by atoms with van der Waals surface area (Å²) in [5, 5.41) is 0. The van der Waals surface area contributed by atoms with Crippen LogP contribution >= 0.6 is 0 Å². The highest BCUT2D eigenvalue weighted by Crippen LogP contribution is 2.23. The summed E-state index contributed by atoms with van der Waals surface area (Å²) >= 11 is 0. The fraction of sp³-hybridized carbons (Fsp3) is 0.235. The molecule has 1 heterocycles. The monoisotopic (exact) mass is 536 g/mol. The average Bonchev–Trinajstić information content (AvgIpc) is 3.54. The van der Waals surface area contributed by atoms with Crippen LogP contribution in [0.1, 0.15) is 39.9 Å². The zero-order valence-electron chi connectivity index (χ0n) is 22.4. The molecule has 1 unspecified atom stereocenters. The van der Waals surface area contributed by atoms with Gasteiger partial charge in [-0.1, -0.05) is 84.9 Å². The van der Waals surface area contributed by atoms with E-state index in [9.17, 15) is 14.0 Å². The average molecular weight is 537 g/mol. The highest BCUT2D eigenvalue weighted by atomic mass is 19.1. The van der Waals surface area contributed by atoms with Crippen LogP contribution < -0.4 is 4.74 Å². The molecule has 5 nitrogen and oxygen atoms in total. The molecule has 1 saturated heterocycles. The lowest BCUT2D eigenvalue weighted by Crippen LogP contribution is -2.51. The highest BCUT2D eigenvalue weighted by molar-refractivity contribution is 5.98. The number of rotatable bonds is 10. The third-order valence-electron chi connectivity index (χ3n) is 7.24. The molecule has 0 spiro atoms. The molecule has 1 aliphatic rings. The first kappa shape index (κ1) is 27.1. The van der Waals surface area contributed by atoms with Gasteiger partial charge in [0.15, 0.2) is 0 Å². The molecule has 1 aliphatic heterocycles. The second-order valence-electron chi connectivity index (χ2n) is 10.1. The van der Waals surface area contributed by atoms with E-state index in [-0.39, 0.29) is 18.0 Å². The zero-order chi connectivity index (χ0) is 27.7. The molecule has 0 saturated carbocycles. The topological polar surface area (TPSA) is 49.9 Å². The fourth-order valence-corrected chi connectivity index (χ4v) is 5.06. The molecule has 1 atom stereocenters. The lowest BCUT2D eigenvalue weighted by Gasteiger charge is -2.34. The van der Waals surface area contributed by atoms with Crippen molar-refractivity contribution in [2.45, 2.75) is 38.5 Å². The normalized spacial score (nSPS) is 13.6. The zero-order valence-corrected chi connectivity index (χ0v) is 22.4. The number of hydrogen-bond donors (Lipinski definition) is 0. The maximum Gasteiger partial charge on any atom is 0.257 e. The molecule has 0 radical (unpaired) electrons. The first-order valence-electron chi connectivity index (χ1n) is 13.7. The summed E-state index contributed by atoms with van der Waals surface area (Å²) in [6, 6.07) is 32.3. The Bertz CT molecular complexity index is 1400. The van der Waals surface area contributed by atoms with Crippen LogP contribution in [0.2, 0.25) is 0 Å². The smallest absolute Gasteiger partial charge is 0.257 e. The lowest BCUT2D eigenvalue weighted by atomic mass is 10.0. The van der Waals surface area contributed by atoms with Crippen molar-refractivity contribution < 1.29 is 18.7 Å². The van der Waals surface area contributed by atoms with Crippen molar-refractivity contribution in [3.63, 3.8) is 0 Å². The third kappa shape index (κ3) is 6.75. The van der Waals surface area contributed by atoms with Crippen molar-refractivity contribution in [1.82, 2.24) is 9.80 Å². The van der Waals surface area contributed by atoms with E-state index in [1.165, 1.54) is 17.0 Å². The van der Waals surface area contributed by atoms with Gasteiger partial charge in [-0.05, 0) is 53.8 Å². The summed E-state index contributed by atoms with van der Waals surface area (Å²) in [5.74, 6) is -0.507. The van der Waals surface area contributed by atoms with E-state index in [0.717, 1.165) is 29.5 Å². The molecule has 4 aromatic rings. The van der Waals surface area contributed by atoms with E-state index in [0.29, 0.717) is 31.9 Å². The van der Waals surface area contributed by atoms with E-state index >= 15 is 0 Å². The molecule has 5 rings (SSSR count). The van der Waals surface area contributed by atoms with E-state index < -0.39 is 17.8 Å². The van der Waals surface area contributed by atoms with Gasteiger partial charge in [-0.3, -0.25) is 9.59 Å². The Kier molecular flexibility index (Phi) is 8.86. The van der Waals surface area contributed by atoms with Crippen LogP contribution in [0, 0.1) is 5.82 Å². The van der Waals surface area contributed by atoms with Crippen LogP contribution in [-0.2, 0) is 24.4 Å². The molecular formula is C34H33FN2O3. The molecule has 0 aromatic heterocycles. The van der Waals surface area contributed by atoms with E-state index in [4.69, 9.17) is 4.74 Å². The summed E-state index contributed by atoms with van der Waals surface area (Å²) in [6.45, 7) is 1.93. The number of carbonyl (C=O) groups is 2. The van der Waals surface area contributed by atoms with E-state index in [1.807, 2.05) is 89.8 Å². The molecule has 0 aliphatic carbocycles. The maximum absolute atomic E-state index is 14.8. The van der Waals surface area contributed by atoms with E-state index in [2.05, 4.69) is 0 Å². The Labute approximate surface area is 234 Å². The second kappa shape index (κ2) is 13.1. The molecular weight excluding hydrogens is 503 g/mol. The van der Waals surface area contributed by atoms with Crippen molar-refractivity contribution in [3.05, 3.63) is 137 Å². The number of benzene rings is 4. The summed E-state index contributed by atoms with van der Waals surface area (Å²) in [5.41, 5.74) is 2.79. The highest BCUT2D eigenvalue weighted by Gasteiger charge is 2.35. The largest absolute Gasteiger partial charge is 0.489 e. The first-order valence-corrected chi connectivity index (χ1v) is 13.7. The quantitative estimate of drug-likeness (QED) is 0.240. The Morgan fingerprint density at radius 1 is 0.750 bits per heavy atom. The molecule has 1 fully saturated rings. The van der Waals surface area contributed by atoms with Crippen LogP contribution in [-0.4, -0.2) is 40.7 Å². The fourth-order valence-electron chi connectivity index (χ4n) is 5.06. The molecule has 204 valence electrons. The molecule has 4 aromatic carbocycles. The number of amides is 2. The standard InChI is InChI=1S/C34H33FN2O3/c35-31-16-8-7-15-30(31)33(38)37(24-27-17-19-29(20-18-27)40-25-28-13-5-2-6-14-28)32(23-26-11-3-1-4-12-26)34(39)36-21-9-10-22-36/h1-8,11-20,32H,9-10,21-25H2. The maximum atomic E-state index is 14.8. The van der Waals surface area contributed by atoms with E-state index in [1.54, 1.807) is 12.1 Å². The third-order valence-corrected chi connectivity index (χ3v) is 7.24. The van der Waals surface area contributed by atoms with Gasteiger partial charge in [0.1, 0.15) is 24.2 Å². The Morgan fingerprint density at radius 2 is 1.35 bits per heavy atom. The summed E-state index contributed by atoms with van der Waals surface area (Å²) in [7, 11) is 0. The van der Waals surface area contributed by atoms with Crippen molar-refractivity contribution in [2.75, 3.05) is 13.1 Å². The van der Waals surface area contributed by atoms with Gasteiger partial charge in [-0.15, -0.1) is 0 Å². The molecule has 2 amide bonds. The Morgan fingerprint density at radius 3 is 2.00 bits per heavy atom. The van der Waals surface area contributed by atoms with Gasteiger partial charge in [0.2, 0.25) is 5.91 Å². The number of carbonyl (C=O) groups excluding carboxylic acids is 2. The number of ether oxygens (including phenoxy) is 1. The van der Waals surface area contributed by atoms with Crippen molar-refractivity contribution in [2.24, 2.45) is 0 Å². The number of likely N-dealkylation sites (tertiary alicyclic amines) is 1. The van der Waals surface area contributed by atoms with Gasteiger partial charge in [0.05, 0.1) is 5.56 Å². The molecule has 0 N–H and O–H groups in total. The summed E-state index contributed by atoms with van der Waals surface area (Å²) in [4.78, 5) is 31.2. The minimum atomic E-state index is -0.776. The number of halogens is 1. The second-order valence-corrected chi connectivity index (χ2v) is 10.1. The molecule has 40 heavy (non-hydrogen) atoms. The molecule has 0 bridgehead atoms. The summed E-state index contributed by atoms with van der Waals surface area (Å²) < 4.78 is 20.8. The van der Waals surface area contributed by atoms with Gasteiger partial charge in [0, 0.05) is 26.1 Å². The van der Waals surface area contributed by atoms with Crippen molar-refractivity contribution in [3.8, 4) is 5.75 Å². The summed E-state index contributed by atoms with van der Waals surface area (Å²) in [6.07, 6.45) is 2.22. The van der Waals surface area contributed by atoms with Gasteiger partial charge in [0.25, 0.3) is 5.91 Å². The lowest BCUT2D eigenvalue weighted by molar-refractivity contribution is -0.135. The van der Waals surface area contributed by atoms with Crippen molar-refractivity contribution in [1.29, 1.82) is 0 Å². The van der Waals surface area contributed by atoms with Gasteiger partial charge in [-0.2, -0.15) is 0 Å². The van der Waals surface area contributed by atoms with Gasteiger partial charge < -0.3 is 14.5 Å². The van der Waals surface area contributed by atoms with Crippen LogP contribution in [0.3, 0.4) is 0 Å². The van der Waals surface area contributed by atoms with Crippen LogP contribution in [0.25, 0.3) is 0 Å². The number of hydrogen-bond acceptors (Lipinski definition) is 3. The van der Waals surface area contributed by atoms with Crippen LogP contribution in [0.5, 0.6) is 5.75 Å². The Balaban J connectivity index is 1.43. The number of nitrogens with zero attached hydrogens (tertiary/aromatic N) is 2. The van der Waals surface area contributed by atoms with Gasteiger partial charge in [-0.25, -0.2) is 4.39 Å². The minimum absolute atomic E-state index is 0.0439. The molecule has 6 heteroatoms. The van der Waals surface area contributed by atoms with Crippen LogP contribution in [0.15, 0.2) is 109 Å². The SMILES string of the molecule is O=C(C(Cc1ccccc1)N(Cc1ccc(OCc2ccccc2)cc1)C(=O)c1ccccc1F)N1CCCC1. The Hall–Kier alpha value is -4.45. The minimum Gasteiger partial charge on any atom is -0.489 e. The first-order chi connectivity index (χ1) is 19.6. The van der Waals surface area contributed by atoms with Crippen molar-refractivity contribution >= 4 is 11.8 Å². The van der Waals surface area contributed by atoms with Crippen LogP contribution in [0.4, 0.5) is 4.39 Å². The van der Waals surface area contributed by atoms with Gasteiger partial charge >= 0.3 is 0 Å². The predicted molar refractivity (Wildman–Crippen MR) is 153 cm³/mol.